The van der Waals surface area contributed by atoms with Crippen LogP contribution in [0.15, 0.2) is 47.6 Å². The number of thioether (sulfide) groups is 1. The minimum Gasteiger partial charge on any atom is -0.506 e. The second-order valence-electron chi connectivity index (χ2n) is 6.85. The lowest BCUT2D eigenvalue weighted by Gasteiger charge is -2.19. The largest absolute Gasteiger partial charge is 0.506 e. The molecule has 1 N–H and O–H groups in total. The van der Waals surface area contributed by atoms with Crippen LogP contribution in [-0.2, 0) is 0 Å². The van der Waals surface area contributed by atoms with E-state index in [2.05, 4.69) is 9.88 Å². The number of rotatable bonds is 5. The summed E-state index contributed by atoms with van der Waals surface area (Å²) in [6, 6.07) is 9.83. The number of benzene rings is 1. The molecular weight excluding hydrogens is 339 g/mol. The van der Waals surface area contributed by atoms with Crippen LogP contribution >= 0.6 is 11.8 Å². The van der Waals surface area contributed by atoms with Gasteiger partial charge in [-0.3, -0.25) is 4.90 Å². The second kappa shape index (κ2) is 7.22. The monoisotopic (exact) mass is 360 g/mol. The maximum atomic E-state index is 13.0. The van der Waals surface area contributed by atoms with Crippen LogP contribution in [0.4, 0.5) is 4.39 Å². The number of hydrogen-bond acceptors (Lipinski definition) is 5. The molecule has 1 aliphatic heterocycles. The fourth-order valence-electron chi connectivity index (χ4n) is 3.86. The van der Waals surface area contributed by atoms with Crippen molar-refractivity contribution in [3.63, 3.8) is 0 Å². The van der Waals surface area contributed by atoms with Crippen molar-refractivity contribution in [2.75, 3.05) is 19.0 Å². The van der Waals surface area contributed by atoms with Crippen molar-refractivity contribution in [2.45, 2.75) is 24.0 Å². The van der Waals surface area contributed by atoms with E-state index in [1.54, 1.807) is 30.0 Å². The van der Waals surface area contributed by atoms with Crippen molar-refractivity contribution in [1.82, 2.24) is 9.88 Å². The standard InChI is InChI=1S/C19H21FN2O2S/c20-15-1-4-17(5-2-15)24-18-7-13-10-22(11-14(13)8-18)12-25-19-6-3-16(23)9-21-19/h1-6,9,13-14,18,23H,7-8,10-12H2/t13-,14+,18?. The molecule has 0 spiro atoms. The predicted molar refractivity (Wildman–Crippen MR) is 95.2 cm³/mol. The van der Waals surface area contributed by atoms with Crippen LogP contribution in [-0.4, -0.2) is 40.1 Å². The molecule has 1 aromatic carbocycles. The lowest BCUT2D eigenvalue weighted by Crippen LogP contribution is -2.24. The Morgan fingerprint density at radius 1 is 1.12 bits per heavy atom. The Bertz CT molecular complexity index is 696. The van der Waals surface area contributed by atoms with Crippen LogP contribution in [0.5, 0.6) is 11.5 Å². The van der Waals surface area contributed by atoms with Crippen LogP contribution in [0, 0.1) is 17.7 Å². The summed E-state index contributed by atoms with van der Waals surface area (Å²) in [6.07, 6.45) is 3.87. The summed E-state index contributed by atoms with van der Waals surface area (Å²) >= 11 is 1.71. The quantitative estimate of drug-likeness (QED) is 0.823. The number of nitrogens with zero attached hydrogens (tertiary/aromatic N) is 2. The number of aromatic nitrogens is 1. The average Bonchev–Trinajstić information content (AvgIpc) is 3.14. The molecule has 1 unspecified atom stereocenters. The molecular formula is C19H21FN2O2S. The first-order valence-corrected chi connectivity index (χ1v) is 9.56. The molecule has 3 atom stereocenters. The van der Waals surface area contributed by atoms with Gasteiger partial charge in [0.2, 0.25) is 0 Å². The van der Waals surface area contributed by atoms with Crippen molar-refractivity contribution < 1.29 is 14.2 Å². The van der Waals surface area contributed by atoms with Crippen LogP contribution in [0.25, 0.3) is 0 Å². The summed E-state index contributed by atoms with van der Waals surface area (Å²) < 4.78 is 19.0. The van der Waals surface area contributed by atoms with E-state index in [9.17, 15) is 9.50 Å². The SMILES string of the molecule is Oc1ccc(SCN2C[C@H]3CC(Oc4ccc(F)cc4)C[C@H]3C2)nc1. The van der Waals surface area contributed by atoms with Gasteiger partial charge < -0.3 is 9.84 Å². The van der Waals surface area contributed by atoms with Crippen LogP contribution < -0.4 is 4.74 Å². The molecule has 4 nitrogen and oxygen atoms in total. The third-order valence-corrected chi connectivity index (χ3v) is 6.05. The third kappa shape index (κ3) is 4.07. The molecule has 2 aliphatic rings. The molecule has 0 radical (unpaired) electrons. The van der Waals surface area contributed by atoms with Gasteiger partial charge in [0, 0.05) is 13.1 Å². The number of pyridine rings is 1. The molecule has 2 aromatic rings. The number of hydrogen-bond donors (Lipinski definition) is 1. The first-order valence-electron chi connectivity index (χ1n) is 8.58. The fourth-order valence-corrected chi connectivity index (χ4v) is 4.68. The molecule has 1 aliphatic carbocycles. The topological polar surface area (TPSA) is 45.6 Å². The van der Waals surface area contributed by atoms with Gasteiger partial charge >= 0.3 is 0 Å². The van der Waals surface area contributed by atoms with Gasteiger partial charge in [-0.1, -0.05) is 11.8 Å². The Kier molecular flexibility index (Phi) is 4.81. The zero-order valence-electron chi connectivity index (χ0n) is 13.8. The molecule has 1 saturated carbocycles. The van der Waals surface area contributed by atoms with Gasteiger partial charge in [0.25, 0.3) is 0 Å². The predicted octanol–water partition coefficient (Wildman–Crippen LogP) is 3.77. The highest BCUT2D eigenvalue weighted by Crippen LogP contribution is 2.40. The van der Waals surface area contributed by atoms with E-state index in [1.165, 1.54) is 18.3 Å². The average molecular weight is 360 g/mol. The van der Waals surface area contributed by atoms with Crippen LogP contribution in [0.2, 0.25) is 0 Å². The van der Waals surface area contributed by atoms with Gasteiger partial charge in [-0.15, -0.1) is 0 Å². The smallest absolute Gasteiger partial charge is 0.133 e. The van der Waals surface area contributed by atoms with Gasteiger partial charge in [0.05, 0.1) is 23.2 Å². The zero-order valence-corrected chi connectivity index (χ0v) is 14.7. The van der Waals surface area contributed by atoms with Crippen LogP contribution in [0.1, 0.15) is 12.8 Å². The summed E-state index contributed by atoms with van der Waals surface area (Å²) in [5.41, 5.74) is 0. The molecule has 25 heavy (non-hydrogen) atoms. The first-order chi connectivity index (χ1) is 12.2. The maximum Gasteiger partial charge on any atom is 0.133 e. The molecule has 0 bridgehead atoms. The van der Waals surface area contributed by atoms with E-state index in [0.717, 1.165) is 42.6 Å². The highest BCUT2D eigenvalue weighted by atomic mass is 32.2. The lowest BCUT2D eigenvalue weighted by molar-refractivity contribution is 0.189. The molecule has 1 saturated heterocycles. The lowest BCUT2D eigenvalue weighted by atomic mass is 10.0. The van der Waals surface area contributed by atoms with Crippen LogP contribution in [0.3, 0.4) is 0 Å². The van der Waals surface area contributed by atoms with E-state index >= 15 is 0 Å². The van der Waals surface area contributed by atoms with Crippen molar-refractivity contribution in [3.05, 3.63) is 48.4 Å². The van der Waals surface area contributed by atoms with Crippen molar-refractivity contribution in [2.24, 2.45) is 11.8 Å². The minimum atomic E-state index is -0.230. The molecule has 4 rings (SSSR count). The van der Waals surface area contributed by atoms with Gasteiger partial charge in [-0.05, 0) is 61.1 Å². The van der Waals surface area contributed by atoms with Crippen molar-refractivity contribution in [1.29, 1.82) is 0 Å². The molecule has 2 fully saturated rings. The minimum absolute atomic E-state index is 0.201. The van der Waals surface area contributed by atoms with Crippen molar-refractivity contribution in [3.8, 4) is 11.5 Å². The van der Waals surface area contributed by atoms with Gasteiger partial charge in [-0.25, -0.2) is 9.37 Å². The third-order valence-electron chi connectivity index (χ3n) is 5.02. The summed E-state index contributed by atoms with van der Waals surface area (Å²) in [7, 11) is 0. The van der Waals surface area contributed by atoms with E-state index in [1.807, 2.05) is 6.07 Å². The number of likely N-dealkylation sites (tertiary alicyclic amines) is 1. The van der Waals surface area contributed by atoms with Gasteiger partial charge in [-0.2, -0.15) is 0 Å². The number of aromatic hydroxyl groups is 1. The van der Waals surface area contributed by atoms with E-state index < -0.39 is 0 Å². The first kappa shape index (κ1) is 16.7. The number of halogens is 1. The molecule has 6 heteroatoms. The second-order valence-corrected chi connectivity index (χ2v) is 7.81. The molecule has 1 aromatic heterocycles. The Hall–Kier alpha value is -1.79. The Morgan fingerprint density at radius 3 is 2.48 bits per heavy atom. The summed E-state index contributed by atoms with van der Waals surface area (Å²) in [4.78, 5) is 6.69. The normalized spacial score (nSPS) is 25.9. The van der Waals surface area contributed by atoms with Gasteiger partial charge in [0.15, 0.2) is 0 Å². The number of fused-ring (bicyclic) bond motifs is 1. The highest BCUT2D eigenvalue weighted by molar-refractivity contribution is 7.99. The Balaban J connectivity index is 1.24. The fraction of sp³-hybridized carbons (Fsp3) is 0.421. The highest BCUT2D eigenvalue weighted by Gasteiger charge is 2.41. The Labute approximate surface area is 151 Å². The van der Waals surface area contributed by atoms with Crippen molar-refractivity contribution >= 4 is 11.8 Å². The Morgan fingerprint density at radius 2 is 1.84 bits per heavy atom. The molecule has 132 valence electrons. The number of ether oxygens (including phenoxy) is 1. The van der Waals surface area contributed by atoms with Gasteiger partial charge in [0.1, 0.15) is 17.3 Å². The summed E-state index contributed by atoms with van der Waals surface area (Å²) in [5.74, 6) is 3.02. The summed E-state index contributed by atoms with van der Waals surface area (Å²) in [5, 5.41) is 10.2. The summed E-state index contributed by atoms with van der Waals surface area (Å²) in [6.45, 7) is 2.19. The molecule has 2 heterocycles. The maximum absolute atomic E-state index is 13.0. The van der Waals surface area contributed by atoms with E-state index in [0.29, 0.717) is 11.8 Å². The van der Waals surface area contributed by atoms with E-state index in [-0.39, 0.29) is 17.7 Å². The molecule has 0 amide bonds. The van der Waals surface area contributed by atoms with E-state index in [4.69, 9.17) is 4.74 Å². The zero-order chi connectivity index (χ0) is 17.2.